The Balaban J connectivity index is 2.11. The van der Waals surface area contributed by atoms with E-state index < -0.39 is 0 Å². The van der Waals surface area contributed by atoms with Gasteiger partial charge in [-0.15, -0.1) is 0 Å². The molecule has 1 aromatic carbocycles. The Morgan fingerprint density at radius 3 is 2.78 bits per heavy atom. The van der Waals surface area contributed by atoms with E-state index in [1.807, 2.05) is 25.1 Å². The second-order valence-electron chi connectivity index (χ2n) is 3.96. The van der Waals surface area contributed by atoms with Crippen LogP contribution in [0.2, 0.25) is 0 Å². The zero-order valence-corrected chi connectivity index (χ0v) is 12.9. The lowest BCUT2D eigenvalue weighted by atomic mass is 10.2. The van der Waals surface area contributed by atoms with E-state index in [4.69, 9.17) is 0 Å². The van der Waals surface area contributed by atoms with Crippen LogP contribution in [0.25, 0.3) is 0 Å². The summed E-state index contributed by atoms with van der Waals surface area (Å²) in [5, 5.41) is 13.0. The van der Waals surface area contributed by atoms with Gasteiger partial charge in [0.25, 0.3) is 0 Å². The molecule has 1 heterocycles. The number of aryl methyl sites for hydroxylation is 1. The van der Waals surface area contributed by atoms with Gasteiger partial charge in [-0.1, -0.05) is 15.9 Å². The summed E-state index contributed by atoms with van der Waals surface area (Å²) in [4.78, 5) is 4.21. The van der Waals surface area contributed by atoms with E-state index in [1.54, 1.807) is 12.3 Å². The molecular weight excluding hydrogens is 360 g/mol. The molecule has 0 bridgehead atoms. The van der Waals surface area contributed by atoms with E-state index in [-0.39, 0.29) is 5.75 Å². The van der Waals surface area contributed by atoms with E-state index in [0.717, 1.165) is 25.9 Å². The molecule has 0 aliphatic carbocycles. The summed E-state index contributed by atoms with van der Waals surface area (Å²) in [6.45, 7) is 2.53. The fourth-order valence-electron chi connectivity index (χ4n) is 1.55. The lowest BCUT2D eigenvalue weighted by molar-refractivity contribution is 0.469. The van der Waals surface area contributed by atoms with E-state index in [2.05, 4.69) is 42.2 Å². The lowest BCUT2D eigenvalue weighted by Crippen LogP contribution is -2.00. The number of benzene rings is 1. The molecular formula is C13H12Br2N2O. The predicted octanol–water partition coefficient (Wildman–Crippen LogP) is 4.23. The summed E-state index contributed by atoms with van der Waals surface area (Å²) in [6, 6.07) is 7.38. The van der Waals surface area contributed by atoms with Crippen LogP contribution in [-0.2, 0) is 6.54 Å². The number of aromatic hydroxyl groups is 1. The highest BCUT2D eigenvalue weighted by Gasteiger charge is 2.03. The number of nitrogens with zero attached hydrogens (tertiary/aromatic N) is 1. The molecule has 1 aromatic heterocycles. The summed E-state index contributed by atoms with van der Waals surface area (Å²) in [5.74, 6) is 0.285. The number of nitrogens with one attached hydrogen (secondary N) is 1. The van der Waals surface area contributed by atoms with Crippen molar-refractivity contribution in [3.8, 4) is 5.75 Å². The minimum Gasteiger partial charge on any atom is -0.508 e. The minimum atomic E-state index is 0.285. The second-order valence-corrected chi connectivity index (χ2v) is 5.63. The molecule has 94 valence electrons. The molecule has 2 rings (SSSR count). The highest BCUT2D eigenvalue weighted by atomic mass is 79.9. The Bertz CT molecular complexity index is 573. The summed E-state index contributed by atoms with van der Waals surface area (Å²) in [7, 11) is 0. The Hall–Kier alpha value is -1.07. The lowest BCUT2D eigenvalue weighted by Gasteiger charge is -2.09. The van der Waals surface area contributed by atoms with Crippen LogP contribution in [0.15, 0.2) is 39.5 Å². The number of phenols is 1. The zero-order chi connectivity index (χ0) is 13.1. The van der Waals surface area contributed by atoms with Gasteiger partial charge in [0.2, 0.25) is 0 Å². The Kier molecular flexibility index (Phi) is 4.24. The first kappa shape index (κ1) is 13.4. The van der Waals surface area contributed by atoms with Crippen LogP contribution in [0.3, 0.4) is 0 Å². The van der Waals surface area contributed by atoms with Crippen molar-refractivity contribution < 1.29 is 5.11 Å². The van der Waals surface area contributed by atoms with Crippen molar-refractivity contribution in [1.82, 2.24) is 4.98 Å². The van der Waals surface area contributed by atoms with Gasteiger partial charge in [0.15, 0.2) is 0 Å². The number of anilines is 1. The topological polar surface area (TPSA) is 45.1 Å². The first-order valence-corrected chi connectivity index (χ1v) is 6.98. The predicted molar refractivity (Wildman–Crippen MR) is 79.8 cm³/mol. The molecule has 0 amide bonds. The SMILES string of the molecule is Cc1cc(NCc2cc(Br)ccc2O)cnc1Br. The molecule has 0 aliphatic rings. The smallest absolute Gasteiger partial charge is 0.120 e. The third-order valence-corrected chi connectivity index (χ3v) is 3.86. The summed E-state index contributed by atoms with van der Waals surface area (Å²) >= 11 is 6.75. The molecule has 0 atom stereocenters. The number of halogens is 2. The van der Waals surface area contributed by atoms with E-state index in [9.17, 15) is 5.11 Å². The molecule has 2 N–H and O–H groups in total. The maximum Gasteiger partial charge on any atom is 0.120 e. The van der Waals surface area contributed by atoms with Crippen molar-refractivity contribution in [3.63, 3.8) is 0 Å². The van der Waals surface area contributed by atoms with Crippen LogP contribution >= 0.6 is 31.9 Å². The van der Waals surface area contributed by atoms with E-state index in [1.165, 1.54) is 0 Å². The Morgan fingerprint density at radius 1 is 1.28 bits per heavy atom. The fraction of sp³-hybridized carbons (Fsp3) is 0.154. The van der Waals surface area contributed by atoms with Crippen LogP contribution in [0.4, 0.5) is 5.69 Å². The number of phenolic OH excluding ortho intramolecular Hbond substituents is 1. The standard InChI is InChI=1S/C13H12Br2N2O/c1-8-4-11(7-17-13(8)15)16-6-9-5-10(14)2-3-12(9)18/h2-5,7,16,18H,6H2,1H3. The molecule has 0 saturated carbocycles. The largest absolute Gasteiger partial charge is 0.508 e. The van der Waals surface area contributed by atoms with Gasteiger partial charge in [0.1, 0.15) is 10.4 Å². The summed E-state index contributed by atoms with van der Waals surface area (Å²) in [5.41, 5.74) is 2.83. The number of aromatic nitrogens is 1. The number of rotatable bonds is 3. The molecule has 0 saturated heterocycles. The molecule has 3 nitrogen and oxygen atoms in total. The van der Waals surface area contributed by atoms with Crippen molar-refractivity contribution in [2.45, 2.75) is 13.5 Å². The molecule has 2 aromatic rings. The van der Waals surface area contributed by atoms with Crippen LogP contribution < -0.4 is 5.32 Å². The van der Waals surface area contributed by atoms with Gasteiger partial charge in [0.05, 0.1) is 11.9 Å². The minimum absolute atomic E-state index is 0.285. The Labute approximate surface area is 123 Å². The van der Waals surface area contributed by atoms with Crippen LogP contribution in [0.1, 0.15) is 11.1 Å². The van der Waals surface area contributed by atoms with Crippen molar-refractivity contribution in [2.75, 3.05) is 5.32 Å². The van der Waals surface area contributed by atoms with Crippen molar-refractivity contribution in [3.05, 3.63) is 50.7 Å². The summed E-state index contributed by atoms with van der Waals surface area (Å²) in [6.07, 6.45) is 1.76. The number of pyridine rings is 1. The van der Waals surface area contributed by atoms with Gasteiger partial charge in [-0.3, -0.25) is 0 Å². The molecule has 0 aliphatic heterocycles. The van der Waals surface area contributed by atoms with Gasteiger partial charge in [0, 0.05) is 16.6 Å². The van der Waals surface area contributed by atoms with Gasteiger partial charge in [-0.2, -0.15) is 0 Å². The van der Waals surface area contributed by atoms with Gasteiger partial charge in [-0.05, 0) is 52.7 Å². The monoisotopic (exact) mass is 370 g/mol. The van der Waals surface area contributed by atoms with Gasteiger partial charge < -0.3 is 10.4 Å². The average Bonchev–Trinajstić information content (AvgIpc) is 2.34. The van der Waals surface area contributed by atoms with Crippen LogP contribution in [0.5, 0.6) is 5.75 Å². The fourth-order valence-corrected chi connectivity index (χ4v) is 2.17. The number of hydrogen-bond acceptors (Lipinski definition) is 3. The highest BCUT2D eigenvalue weighted by Crippen LogP contribution is 2.23. The van der Waals surface area contributed by atoms with Gasteiger partial charge >= 0.3 is 0 Å². The quantitative estimate of drug-likeness (QED) is 0.793. The molecule has 0 spiro atoms. The first-order chi connectivity index (χ1) is 8.56. The summed E-state index contributed by atoms with van der Waals surface area (Å²) < 4.78 is 1.79. The molecule has 0 fully saturated rings. The molecule has 0 radical (unpaired) electrons. The molecule has 0 unspecified atom stereocenters. The van der Waals surface area contributed by atoms with E-state index >= 15 is 0 Å². The van der Waals surface area contributed by atoms with E-state index in [0.29, 0.717) is 6.54 Å². The second kappa shape index (κ2) is 5.71. The van der Waals surface area contributed by atoms with Crippen LogP contribution in [-0.4, -0.2) is 10.1 Å². The van der Waals surface area contributed by atoms with Gasteiger partial charge in [-0.25, -0.2) is 4.98 Å². The molecule has 18 heavy (non-hydrogen) atoms. The highest BCUT2D eigenvalue weighted by molar-refractivity contribution is 9.10. The molecule has 5 heteroatoms. The number of hydrogen-bond donors (Lipinski definition) is 2. The maximum atomic E-state index is 9.73. The third kappa shape index (κ3) is 3.23. The average molecular weight is 372 g/mol. The first-order valence-electron chi connectivity index (χ1n) is 5.39. The van der Waals surface area contributed by atoms with Crippen molar-refractivity contribution in [2.24, 2.45) is 0 Å². The van der Waals surface area contributed by atoms with Crippen molar-refractivity contribution in [1.29, 1.82) is 0 Å². The third-order valence-electron chi connectivity index (χ3n) is 2.54. The zero-order valence-electron chi connectivity index (χ0n) is 9.74. The Morgan fingerprint density at radius 2 is 2.06 bits per heavy atom. The van der Waals surface area contributed by atoms with Crippen LogP contribution in [0, 0.1) is 6.92 Å². The maximum absolute atomic E-state index is 9.73. The normalized spacial score (nSPS) is 10.4. The van der Waals surface area contributed by atoms with Crippen molar-refractivity contribution >= 4 is 37.5 Å².